The highest BCUT2D eigenvalue weighted by molar-refractivity contribution is 7.90. The maximum atomic E-state index is 11.1. The van der Waals surface area contributed by atoms with E-state index < -0.39 is 9.84 Å². The van der Waals surface area contributed by atoms with Crippen LogP contribution >= 0.6 is 0 Å². The van der Waals surface area contributed by atoms with E-state index in [1.165, 1.54) is 24.7 Å². The molecular formula is C22H36N4O3S. The third kappa shape index (κ3) is 7.25. The normalized spacial score (nSPS) is 24.7. The van der Waals surface area contributed by atoms with Gasteiger partial charge in [-0.2, -0.15) is 0 Å². The van der Waals surface area contributed by atoms with Crippen molar-refractivity contribution < 1.29 is 13.2 Å². The average Bonchev–Trinajstić information content (AvgIpc) is 2.93. The molecule has 2 N–H and O–H groups in total. The molecule has 3 rings (SSSR count). The van der Waals surface area contributed by atoms with Crippen molar-refractivity contribution >= 4 is 15.8 Å². The van der Waals surface area contributed by atoms with Gasteiger partial charge >= 0.3 is 0 Å². The van der Waals surface area contributed by atoms with Crippen molar-refractivity contribution in [3.63, 3.8) is 0 Å². The minimum Gasteiger partial charge on any atom is -0.378 e. The highest BCUT2D eigenvalue weighted by Crippen LogP contribution is 2.36. The summed E-state index contributed by atoms with van der Waals surface area (Å²) >= 11 is 0. The van der Waals surface area contributed by atoms with Crippen LogP contribution in [0.25, 0.3) is 0 Å². The first-order valence-corrected chi connectivity index (χ1v) is 13.1. The van der Waals surface area contributed by atoms with Gasteiger partial charge in [-0.15, -0.1) is 0 Å². The number of nitrogens with one attached hydrogen (secondary N) is 2. The van der Waals surface area contributed by atoms with E-state index in [1.807, 2.05) is 0 Å². The van der Waals surface area contributed by atoms with Gasteiger partial charge in [0.05, 0.1) is 25.5 Å². The smallest absolute Gasteiger partial charge is 0.191 e. The van der Waals surface area contributed by atoms with Crippen LogP contribution in [0.15, 0.2) is 35.3 Å². The Morgan fingerprint density at radius 3 is 2.50 bits per heavy atom. The van der Waals surface area contributed by atoms with E-state index in [0.29, 0.717) is 31.3 Å². The van der Waals surface area contributed by atoms with Crippen LogP contribution in [-0.2, 0) is 21.1 Å². The molecule has 2 unspecified atom stereocenters. The molecule has 0 aromatic heterocycles. The van der Waals surface area contributed by atoms with Gasteiger partial charge in [0, 0.05) is 37.5 Å². The zero-order valence-corrected chi connectivity index (χ0v) is 19.0. The average molecular weight is 437 g/mol. The quantitative estimate of drug-likeness (QED) is 0.331. The topological polar surface area (TPSA) is 83.0 Å². The largest absolute Gasteiger partial charge is 0.378 e. The molecule has 0 aliphatic carbocycles. The molecule has 2 saturated heterocycles. The molecule has 168 valence electrons. The van der Waals surface area contributed by atoms with Gasteiger partial charge < -0.3 is 15.4 Å². The summed E-state index contributed by atoms with van der Waals surface area (Å²) in [4.78, 5) is 7.29. The zero-order valence-electron chi connectivity index (χ0n) is 18.2. The van der Waals surface area contributed by atoms with Crippen LogP contribution in [0.3, 0.4) is 0 Å². The molecule has 2 aliphatic heterocycles. The summed E-state index contributed by atoms with van der Waals surface area (Å²) in [5, 5.41) is 6.94. The van der Waals surface area contributed by atoms with Gasteiger partial charge in [0.25, 0.3) is 0 Å². The summed E-state index contributed by atoms with van der Waals surface area (Å²) in [7, 11) is -2.97. The molecule has 0 amide bonds. The van der Waals surface area contributed by atoms with Gasteiger partial charge in [-0.05, 0) is 38.2 Å². The first-order chi connectivity index (χ1) is 14.4. The lowest BCUT2D eigenvalue weighted by molar-refractivity contribution is 0.114. The lowest BCUT2D eigenvalue weighted by Crippen LogP contribution is -2.52. The number of hydrogen-bond donors (Lipinski definition) is 2. The van der Waals surface area contributed by atoms with Gasteiger partial charge in [-0.1, -0.05) is 30.3 Å². The van der Waals surface area contributed by atoms with E-state index in [1.54, 1.807) is 0 Å². The first kappa shape index (κ1) is 23.0. The molecule has 2 aliphatic rings. The number of hydrogen-bond acceptors (Lipinski definition) is 5. The molecule has 2 heterocycles. The van der Waals surface area contributed by atoms with Gasteiger partial charge in [0.15, 0.2) is 5.96 Å². The fourth-order valence-electron chi connectivity index (χ4n) is 4.49. The Morgan fingerprint density at radius 1 is 1.17 bits per heavy atom. The van der Waals surface area contributed by atoms with E-state index >= 15 is 0 Å². The van der Waals surface area contributed by atoms with Crippen molar-refractivity contribution in [2.75, 3.05) is 38.3 Å². The van der Waals surface area contributed by atoms with Crippen LogP contribution in [0.4, 0.5) is 0 Å². The Bertz CT molecular complexity index is 771. The molecule has 7 nitrogen and oxygen atoms in total. The van der Waals surface area contributed by atoms with Crippen molar-refractivity contribution in [2.24, 2.45) is 4.99 Å². The van der Waals surface area contributed by atoms with Crippen LogP contribution in [0.5, 0.6) is 0 Å². The molecule has 2 bridgehead atoms. The lowest BCUT2D eigenvalue weighted by Gasteiger charge is -2.39. The molecule has 2 fully saturated rings. The Labute approximate surface area is 181 Å². The molecule has 1 aromatic rings. The van der Waals surface area contributed by atoms with E-state index in [9.17, 15) is 8.42 Å². The summed E-state index contributed by atoms with van der Waals surface area (Å²) in [6, 6.07) is 12.4. The van der Waals surface area contributed by atoms with Gasteiger partial charge in [0.2, 0.25) is 0 Å². The SMILES string of the molecule is CCNC(=NCCOCCS(C)(=O)=O)NC1CC2CCC(C1)N2Cc1ccccc1. The third-order valence-corrected chi connectivity index (χ3v) is 6.79. The minimum atomic E-state index is -2.97. The van der Waals surface area contributed by atoms with Crippen LogP contribution in [-0.4, -0.2) is 75.7 Å². The number of benzene rings is 1. The summed E-state index contributed by atoms with van der Waals surface area (Å²) in [5.74, 6) is 0.879. The second-order valence-electron chi connectivity index (χ2n) is 8.36. The zero-order chi connectivity index (χ0) is 21.4. The van der Waals surface area contributed by atoms with E-state index in [0.717, 1.165) is 31.9 Å². The highest BCUT2D eigenvalue weighted by atomic mass is 32.2. The third-order valence-electron chi connectivity index (χ3n) is 5.88. The second kappa shape index (κ2) is 11.1. The molecule has 0 saturated carbocycles. The minimum absolute atomic E-state index is 0.0549. The number of guanidine groups is 1. The molecule has 2 atom stereocenters. The van der Waals surface area contributed by atoms with Gasteiger partial charge in [-0.25, -0.2) is 8.42 Å². The predicted molar refractivity (Wildman–Crippen MR) is 121 cm³/mol. The fourth-order valence-corrected chi connectivity index (χ4v) is 4.91. The fraction of sp³-hybridized carbons (Fsp3) is 0.682. The molecule has 1 aromatic carbocycles. The van der Waals surface area contributed by atoms with E-state index in [-0.39, 0.29) is 12.4 Å². The standard InChI is InChI=1S/C22H36N4O3S/c1-3-23-22(24-11-12-29-13-14-30(2,27)28)25-19-15-20-9-10-21(16-19)26(20)17-18-7-5-4-6-8-18/h4-8,19-21H,3,9-17H2,1-2H3,(H2,23,24,25). The molecular weight excluding hydrogens is 400 g/mol. The molecule has 0 radical (unpaired) electrons. The Hall–Kier alpha value is -1.64. The number of sulfone groups is 1. The number of aliphatic imine (C=N–C) groups is 1. The summed E-state index contributed by atoms with van der Waals surface area (Å²) in [5.41, 5.74) is 1.39. The molecule has 30 heavy (non-hydrogen) atoms. The lowest BCUT2D eigenvalue weighted by atomic mass is 9.96. The van der Waals surface area contributed by atoms with Crippen molar-refractivity contribution in [1.82, 2.24) is 15.5 Å². The number of fused-ring (bicyclic) bond motifs is 2. The van der Waals surface area contributed by atoms with Crippen molar-refractivity contribution in [2.45, 2.75) is 57.3 Å². The van der Waals surface area contributed by atoms with E-state index in [2.05, 4.69) is 57.8 Å². The molecule has 0 spiro atoms. The predicted octanol–water partition coefficient (Wildman–Crippen LogP) is 1.80. The van der Waals surface area contributed by atoms with Gasteiger partial charge in [0.1, 0.15) is 9.84 Å². The number of ether oxygens (including phenoxy) is 1. The summed E-state index contributed by atoms with van der Waals surface area (Å²) in [6.07, 6.45) is 6.05. The van der Waals surface area contributed by atoms with Crippen LogP contribution in [0.2, 0.25) is 0 Å². The Balaban J connectivity index is 1.46. The monoisotopic (exact) mass is 436 g/mol. The van der Waals surface area contributed by atoms with Crippen molar-refractivity contribution in [3.05, 3.63) is 35.9 Å². The van der Waals surface area contributed by atoms with Crippen LogP contribution in [0, 0.1) is 0 Å². The first-order valence-electron chi connectivity index (χ1n) is 11.0. The van der Waals surface area contributed by atoms with Crippen molar-refractivity contribution in [3.8, 4) is 0 Å². The number of rotatable bonds is 10. The second-order valence-corrected chi connectivity index (χ2v) is 10.6. The summed E-state index contributed by atoms with van der Waals surface area (Å²) in [6.45, 7) is 5.07. The van der Waals surface area contributed by atoms with Gasteiger partial charge in [-0.3, -0.25) is 9.89 Å². The highest BCUT2D eigenvalue weighted by Gasteiger charge is 2.40. The van der Waals surface area contributed by atoms with Crippen LogP contribution < -0.4 is 10.6 Å². The summed E-state index contributed by atoms with van der Waals surface area (Å²) < 4.78 is 27.7. The maximum Gasteiger partial charge on any atom is 0.191 e. The number of piperidine rings is 1. The maximum absolute atomic E-state index is 11.1. The number of nitrogens with zero attached hydrogens (tertiary/aromatic N) is 2. The Kier molecular flexibility index (Phi) is 8.53. The van der Waals surface area contributed by atoms with Crippen molar-refractivity contribution in [1.29, 1.82) is 0 Å². The van der Waals surface area contributed by atoms with E-state index in [4.69, 9.17) is 4.74 Å². The van der Waals surface area contributed by atoms with Crippen LogP contribution in [0.1, 0.15) is 38.2 Å². The molecule has 8 heteroatoms. The Morgan fingerprint density at radius 2 is 1.87 bits per heavy atom.